The van der Waals surface area contributed by atoms with Crippen LogP contribution in [0.2, 0.25) is 0 Å². The second kappa shape index (κ2) is 5.59. The van der Waals surface area contributed by atoms with Gasteiger partial charge in [-0.2, -0.15) is 4.98 Å². The number of likely N-dealkylation sites (tertiary alicyclic amines) is 1. The molecule has 5 nitrogen and oxygen atoms in total. The van der Waals surface area contributed by atoms with Crippen molar-refractivity contribution in [2.24, 2.45) is 0 Å². The van der Waals surface area contributed by atoms with Crippen LogP contribution in [0.4, 0.5) is 0 Å². The van der Waals surface area contributed by atoms with Crippen molar-refractivity contribution < 1.29 is 4.74 Å². The molecule has 2 aliphatic rings. The maximum absolute atomic E-state index is 5.41. The first-order valence-electron chi connectivity index (χ1n) is 7.81. The molecular weight excluding hydrogens is 284 g/mol. The minimum absolute atomic E-state index is 0.619. The van der Waals surface area contributed by atoms with E-state index in [1.54, 1.807) is 18.4 Å². The van der Waals surface area contributed by atoms with Gasteiger partial charge in [-0.3, -0.25) is 4.40 Å². The third kappa shape index (κ3) is 2.67. The van der Waals surface area contributed by atoms with Crippen LogP contribution >= 0.6 is 11.3 Å². The van der Waals surface area contributed by atoms with E-state index < -0.39 is 0 Å². The van der Waals surface area contributed by atoms with Crippen molar-refractivity contribution in [1.29, 1.82) is 0 Å². The maximum atomic E-state index is 5.41. The van der Waals surface area contributed by atoms with Gasteiger partial charge in [0.25, 0.3) is 0 Å². The summed E-state index contributed by atoms with van der Waals surface area (Å²) in [5, 5.41) is 5.77. The highest BCUT2D eigenvalue weighted by atomic mass is 32.1. The van der Waals surface area contributed by atoms with Crippen LogP contribution in [-0.2, 0) is 6.54 Å². The monoisotopic (exact) mass is 306 g/mol. The SMILES string of the molecule is COc1nc2sccn2c1CNC1CCN(C2CC2)CC1. The molecule has 0 radical (unpaired) electrons. The van der Waals surface area contributed by atoms with E-state index in [-0.39, 0.29) is 0 Å². The number of aromatic nitrogens is 2. The van der Waals surface area contributed by atoms with Gasteiger partial charge in [-0.05, 0) is 38.8 Å². The van der Waals surface area contributed by atoms with Gasteiger partial charge in [0.1, 0.15) is 5.69 Å². The lowest BCUT2D eigenvalue weighted by Gasteiger charge is -2.32. The predicted molar refractivity (Wildman–Crippen MR) is 84.1 cm³/mol. The molecule has 1 saturated heterocycles. The van der Waals surface area contributed by atoms with Crippen molar-refractivity contribution >= 4 is 16.3 Å². The molecule has 2 aromatic rings. The number of hydrogen-bond donors (Lipinski definition) is 1. The number of imidazole rings is 1. The molecule has 114 valence electrons. The zero-order chi connectivity index (χ0) is 14.2. The van der Waals surface area contributed by atoms with Crippen molar-refractivity contribution in [3.63, 3.8) is 0 Å². The predicted octanol–water partition coefficient (Wildman–Crippen LogP) is 2.12. The summed E-state index contributed by atoms with van der Waals surface area (Å²) in [6.07, 6.45) is 7.42. The van der Waals surface area contributed by atoms with E-state index >= 15 is 0 Å². The number of piperidine rings is 1. The number of rotatable bonds is 5. The average Bonchev–Trinajstić information content (AvgIpc) is 3.17. The Hall–Kier alpha value is -1.11. The van der Waals surface area contributed by atoms with E-state index in [0.29, 0.717) is 6.04 Å². The second-order valence-corrected chi connectivity index (χ2v) is 6.92. The Morgan fingerprint density at radius 2 is 2.14 bits per heavy atom. The van der Waals surface area contributed by atoms with Crippen LogP contribution < -0.4 is 10.1 Å². The fraction of sp³-hybridized carbons (Fsp3) is 0.667. The minimum atomic E-state index is 0.619. The first kappa shape index (κ1) is 13.5. The number of nitrogens with zero attached hydrogens (tertiary/aromatic N) is 3. The fourth-order valence-corrected chi connectivity index (χ4v) is 4.01. The molecule has 4 rings (SSSR count). The summed E-state index contributed by atoms with van der Waals surface area (Å²) < 4.78 is 7.55. The molecule has 0 bridgehead atoms. The summed E-state index contributed by atoms with van der Waals surface area (Å²) in [5.74, 6) is 0.754. The molecule has 0 amide bonds. The standard InChI is InChI=1S/C15H22N4OS/c1-20-14-13(19-8-9-21-15(19)17-14)10-16-11-4-6-18(7-5-11)12-2-3-12/h8-9,11-12,16H,2-7,10H2,1H3. The highest BCUT2D eigenvalue weighted by Gasteiger charge is 2.31. The topological polar surface area (TPSA) is 41.8 Å². The van der Waals surface area contributed by atoms with Gasteiger partial charge in [-0.25, -0.2) is 0 Å². The molecule has 6 heteroatoms. The van der Waals surface area contributed by atoms with Crippen LogP contribution in [-0.4, -0.2) is 46.6 Å². The maximum Gasteiger partial charge on any atom is 0.237 e. The molecule has 21 heavy (non-hydrogen) atoms. The van der Waals surface area contributed by atoms with E-state index in [1.165, 1.54) is 38.8 Å². The summed E-state index contributed by atoms with van der Waals surface area (Å²) >= 11 is 1.65. The van der Waals surface area contributed by atoms with Crippen molar-refractivity contribution in [2.45, 2.75) is 44.3 Å². The van der Waals surface area contributed by atoms with Crippen LogP contribution in [0.15, 0.2) is 11.6 Å². The van der Waals surface area contributed by atoms with Crippen molar-refractivity contribution in [1.82, 2.24) is 19.6 Å². The molecular formula is C15H22N4OS. The van der Waals surface area contributed by atoms with E-state index in [0.717, 1.165) is 29.1 Å². The van der Waals surface area contributed by atoms with Crippen LogP contribution in [0.25, 0.3) is 4.96 Å². The number of methoxy groups -OCH3 is 1. The number of thiazole rings is 1. The largest absolute Gasteiger partial charge is 0.480 e. The summed E-state index contributed by atoms with van der Waals surface area (Å²) in [6, 6.07) is 1.53. The number of ether oxygens (including phenoxy) is 1. The normalized spacial score (nSPS) is 21.2. The number of nitrogens with one attached hydrogen (secondary N) is 1. The molecule has 3 heterocycles. The Balaban J connectivity index is 1.38. The molecule has 0 unspecified atom stereocenters. The summed E-state index contributed by atoms with van der Waals surface area (Å²) in [6.45, 7) is 3.33. The van der Waals surface area contributed by atoms with Crippen molar-refractivity contribution in [3.8, 4) is 5.88 Å². The Kier molecular flexibility index (Phi) is 3.61. The Morgan fingerprint density at radius 1 is 1.33 bits per heavy atom. The lowest BCUT2D eigenvalue weighted by molar-refractivity contribution is 0.188. The number of fused-ring (bicyclic) bond motifs is 1. The van der Waals surface area contributed by atoms with Gasteiger partial charge in [0, 0.05) is 30.2 Å². The van der Waals surface area contributed by atoms with Crippen molar-refractivity contribution in [3.05, 3.63) is 17.3 Å². The fourth-order valence-electron chi connectivity index (χ4n) is 3.29. The van der Waals surface area contributed by atoms with E-state index in [2.05, 4.69) is 31.2 Å². The van der Waals surface area contributed by atoms with Crippen LogP contribution in [0.5, 0.6) is 5.88 Å². The molecule has 2 aromatic heterocycles. The Bertz CT molecular complexity index is 610. The zero-order valence-electron chi connectivity index (χ0n) is 12.4. The summed E-state index contributed by atoms with van der Waals surface area (Å²) in [4.78, 5) is 8.18. The lowest BCUT2D eigenvalue weighted by atomic mass is 10.0. The van der Waals surface area contributed by atoms with Gasteiger partial charge in [0.2, 0.25) is 5.88 Å². The minimum Gasteiger partial charge on any atom is -0.480 e. The van der Waals surface area contributed by atoms with E-state index in [4.69, 9.17) is 4.74 Å². The third-order valence-electron chi connectivity index (χ3n) is 4.67. The summed E-state index contributed by atoms with van der Waals surface area (Å²) in [7, 11) is 1.70. The molecule has 1 aliphatic heterocycles. The van der Waals surface area contributed by atoms with Gasteiger partial charge in [-0.15, -0.1) is 11.3 Å². The molecule has 0 spiro atoms. The highest BCUT2D eigenvalue weighted by Crippen LogP contribution is 2.29. The smallest absolute Gasteiger partial charge is 0.237 e. The quantitative estimate of drug-likeness (QED) is 0.919. The second-order valence-electron chi connectivity index (χ2n) is 6.05. The van der Waals surface area contributed by atoms with Gasteiger partial charge in [0.15, 0.2) is 4.96 Å². The van der Waals surface area contributed by atoms with Gasteiger partial charge < -0.3 is 15.0 Å². The van der Waals surface area contributed by atoms with Gasteiger partial charge in [0.05, 0.1) is 7.11 Å². The number of hydrogen-bond acceptors (Lipinski definition) is 5. The van der Waals surface area contributed by atoms with E-state index in [1.807, 2.05) is 0 Å². The zero-order valence-corrected chi connectivity index (χ0v) is 13.2. The lowest BCUT2D eigenvalue weighted by Crippen LogP contribution is -2.43. The first-order valence-corrected chi connectivity index (χ1v) is 8.69. The molecule has 0 atom stereocenters. The highest BCUT2D eigenvalue weighted by molar-refractivity contribution is 7.15. The van der Waals surface area contributed by atoms with Crippen LogP contribution in [0.1, 0.15) is 31.4 Å². The third-order valence-corrected chi connectivity index (χ3v) is 5.43. The van der Waals surface area contributed by atoms with E-state index in [9.17, 15) is 0 Å². The Morgan fingerprint density at radius 3 is 2.86 bits per heavy atom. The molecule has 0 aromatic carbocycles. The molecule has 2 fully saturated rings. The van der Waals surface area contributed by atoms with Crippen LogP contribution in [0, 0.1) is 0 Å². The van der Waals surface area contributed by atoms with Crippen LogP contribution in [0.3, 0.4) is 0 Å². The van der Waals surface area contributed by atoms with Gasteiger partial charge in [-0.1, -0.05) is 0 Å². The van der Waals surface area contributed by atoms with Crippen molar-refractivity contribution in [2.75, 3.05) is 20.2 Å². The molecule has 1 aliphatic carbocycles. The summed E-state index contributed by atoms with van der Waals surface area (Å²) in [5.41, 5.74) is 1.14. The van der Waals surface area contributed by atoms with Gasteiger partial charge >= 0.3 is 0 Å². The molecule has 1 saturated carbocycles. The first-order chi connectivity index (χ1) is 10.3. The molecule has 1 N–H and O–H groups in total. The Labute approximate surface area is 128 Å². The average molecular weight is 306 g/mol.